The lowest BCUT2D eigenvalue weighted by Crippen LogP contribution is -2.22. The van der Waals surface area contributed by atoms with E-state index in [0.29, 0.717) is 11.4 Å². The number of benzene rings is 2. The van der Waals surface area contributed by atoms with Gasteiger partial charge in [-0.25, -0.2) is 13.9 Å². The summed E-state index contributed by atoms with van der Waals surface area (Å²) in [5.41, 5.74) is 5.93. The van der Waals surface area contributed by atoms with Gasteiger partial charge in [-0.05, 0) is 55.2 Å². The summed E-state index contributed by atoms with van der Waals surface area (Å²) < 4.78 is 18.6. The lowest BCUT2D eigenvalue weighted by molar-refractivity contribution is 0.262. The molecule has 0 spiro atoms. The van der Waals surface area contributed by atoms with Gasteiger partial charge in [0.2, 0.25) is 0 Å². The van der Waals surface area contributed by atoms with Crippen molar-refractivity contribution in [3.8, 4) is 16.8 Å². The monoisotopic (exact) mass is 497 g/mol. The van der Waals surface area contributed by atoms with E-state index < -0.39 is 11.8 Å². The summed E-state index contributed by atoms with van der Waals surface area (Å²) in [7, 11) is 1.85. The first-order valence-corrected chi connectivity index (χ1v) is 12.0. The number of urea groups is 1. The third-order valence-corrected chi connectivity index (χ3v) is 6.27. The lowest BCUT2D eigenvalue weighted by atomic mass is 10.0. The third kappa shape index (κ3) is 4.67. The largest absolute Gasteiger partial charge is 0.324 e. The normalized spacial score (nSPS) is 11.3. The third-order valence-electron chi connectivity index (χ3n) is 6.27. The zero-order valence-corrected chi connectivity index (χ0v) is 21.4. The highest BCUT2D eigenvalue weighted by Gasteiger charge is 2.17. The van der Waals surface area contributed by atoms with Gasteiger partial charge in [-0.2, -0.15) is 10.2 Å². The number of fused-ring (bicyclic) bond motifs is 1. The van der Waals surface area contributed by atoms with Crippen molar-refractivity contribution in [2.75, 3.05) is 10.6 Å². The summed E-state index contributed by atoms with van der Waals surface area (Å²) in [5, 5.41) is 15.5. The topological polar surface area (TPSA) is 89.7 Å². The number of amides is 2. The van der Waals surface area contributed by atoms with Crippen LogP contribution in [0.15, 0.2) is 60.9 Å². The highest BCUT2D eigenvalue weighted by atomic mass is 19.1. The Morgan fingerprint density at radius 1 is 1.00 bits per heavy atom. The van der Waals surface area contributed by atoms with E-state index in [1.54, 1.807) is 33.9 Å². The Kier molecular flexibility index (Phi) is 6.20. The fourth-order valence-electron chi connectivity index (χ4n) is 4.40. The highest BCUT2D eigenvalue weighted by molar-refractivity contribution is 6.00. The Bertz CT molecular complexity index is 1630. The van der Waals surface area contributed by atoms with Crippen molar-refractivity contribution in [2.24, 2.45) is 7.05 Å². The van der Waals surface area contributed by atoms with Gasteiger partial charge in [-0.1, -0.05) is 32.0 Å². The molecule has 2 aromatic carbocycles. The number of nitrogens with zero attached hydrogens (tertiary/aromatic N) is 5. The minimum absolute atomic E-state index is 0.0648. The van der Waals surface area contributed by atoms with Crippen LogP contribution < -0.4 is 10.6 Å². The van der Waals surface area contributed by atoms with Crippen molar-refractivity contribution in [1.29, 1.82) is 0 Å². The smallest absolute Gasteiger partial charge is 0.305 e. The standard InChI is InChI=1S/C28H28FN7O/c1-16(2)24-13-26(36(34-24)20-8-6-7-17(3)11-20)32-28(37)31-23-10-9-19(12-22(23)29)21-14-30-15-25-27(21)18(4)33-35(25)5/h6-16H,1-5H3,(H2,31,32,37). The molecule has 0 aliphatic heterocycles. The van der Waals surface area contributed by atoms with Crippen molar-refractivity contribution in [1.82, 2.24) is 24.5 Å². The lowest BCUT2D eigenvalue weighted by Gasteiger charge is -2.12. The number of pyridine rings is 1. The van der Waals surface area contributed by atoms with Crippen LogP contribution in [0.1, 0.15) is 36.7 Å². The van der Waals surface area contributed by atoms with Gasteiger partial charge in [0.05, 0.1) is 34.5 Å². The highest BCUT2D eigenvalue weighted by Crippen LogP contribution is 2.32. The van der Waals surface area contributed by atoms with Crippen molar-refractivity contribution in [3.63, 3.8) is 0 Å². The number of carbonyl (C=O) groups is 1. The molecule has 5 rings (SSSR count). The van der Waals surface area contributed by atoms with Crippen molar-refractivity contribution < 1.29 is 9.18 Å². The summed E-state index contributed by atoms with van der Waals surface area (Å²) in [6, 6.07) is 13.8. The molecule has 0 aliphatic carbocycles. The summed E-state index contributed by atoms with van der Waals surface area (Å²) in [5.74, 6) is 0.108. The second kappa shape index (κ2) is 9.50. The molecule has 2 N–H and O–H groups in total. The number of carbonyl (C=O) groups excluding carboxylic acids is 1. The molecule has 0 fully saturated rings. The predicted octanol–water partition coefficient (Wildman–Crippen LogP) is 6.34. The Hall–Kier alpha value is -4.53. The molecule has 3 aromatic heterocycles. The molecule has 0 atom stereocenters. The fourth-order valence-corrected chi connectivity index (χ4v) is 4.40. The zero-order valence-electron chi connectivity index (χ0n) is 21.4. The van der Waals surface area contributed by atoms with Crippen LogP contribution in [0.4, 0.5) is 20.7 Å². The molecule has 0 aliphatic rings. The molecule has 188 valence electrons. The van der Waals surface area contributed by atoms with Crippen LogP contribution in [-0.4, -0.2) is 30.6 Å². The van der Waals surface area contributed by atoms with E-state index in [9.17, 15) is 4.79 Å². The quantitative estimate of drug-likeness (QED) is 0.296. The first-order valence-electron chi connectivity index (χ1n) is 12.0. The molecule has 0 bridgehead atoms. The molecular weight excluding hydrogens is 469 g/mol. The Balaban J connectivity index is 1.40. The second-order valence-corrected chi connectivity index (χ2v) is 9.42. The Morgan fingerprint density at radius 3 is 2.54 bits per heavy atom. The van der Waals surface area contributed by atoms with Gasteiger partial charge in [0, 0.05) is 30.3 Å². The number of anilines is 2. The van der Waals surface area contributed by atoms with Crippen LogP contribution in [0, 0.1) is 19.7 Å². The van der Waals surface area contributed by atoms with E-state index in [4.69, 9.17) is 0 Å². The van der Waals surface area contributed by atoms with Gasteiger partial charge in [-0.3, -0.25) is 15.0 Å². The number of hydrogen-bond donors (Lipinski definition) is 2. The van der Waals surface area contributed by atoms with Crippen LogP contribution >= 0.6 is 0 Å². The number of aryl methyl sites for hydroxylation is 3. The van der Waals surface area contributed by atoms with Gasteiger partial charge in [-0.15, -0.1) is 0 Å². The van der Waals surface area contributed by atoms with Gasteiger partial charge < -0.3 is 5.32 Å². The van der Waals surface area contributed by atoms with E-state index in [1.807, 2.05) is 65.1 Å². The molecule has 8 nitrogen and oxygen atoms in total. The van der Waals surface area contributed by atoms with E-state index in [-0.39, 0.29) is 11.6 Å². The van der Waals surface area contributed by atoms with Gasteiger partial charge >= 0.3 is 6.03 Å². The molecule has 37 heavy (non-hydrogen) atoms. The summed E-state index contributed by atoms with van der Waals surface area (Å²) in [6.45, 7) is 7.97. The van der Waals surface area contributed by atoms with Gasteiger partial charge in [0.15, 0.2) is 0 Å². The van der Waals surface area contributed by atoms with E-state index in [0.717, 1.165) is 39.1 Å². The number of aromatic nitrogens is 5. The van der Waals surface area contributed by atoms with E-state index >= 15 is 4.39 Å². The number of hydrogen-bond acceptors (Lipinski definition) is 4. The van der Waals surface area contributed by atoms with E-state index in [1.165, 1.54) is 6.07 Å². The fraction of sp³-hybridized carbons (Fsp3) is 0.214. The maximum atomic E-state index is 15.1. The predicted molar refractivity (Wildman–Crippen MR) is 144 cm³/mol. The molecule has 5 aromatic rings. The van der Waals surface area contributed by atoms with Gasteiger partial charge in [0.25, 0.3) is 0 Å². The number of halogens is 1. The second-order valence-electron chi connectivity index (χ2n) is 9.42. The van der Waals surface area contributed by atoms with Crippen LogP contribution in [-0.2, 0) is 7.05 Å². The van der Waals surface area contributed by atoms with Crippen LogP contribution in [0.2, 0.25) is 0 Å². The van der Waals surface area contributed by atoms with Crippen LogP contribution in [0.3, 0.4) is 0 Å². The average Bonchev–Trinajstić information content (AvgIpc) is 3.41. The molecule has 9 heteroatoms. The summed E-state index contributed by atoms with van der Waals surface area (Å²) in [6.07, 6.45) is 3.44. The Labute approximate surface area is 214 Å². The maximum absolute atomic E-state index is 15.1. The van der Waals surface area contributed by atoms with E-state index in [2.05, 4.69) is 25.8 Å². The molecule has 0 saturated carbocycles. The Morgan fingerprint density at radius 2 is 1.81 bits per heavy atom. The minimum atomic E-state index is -0.567. The summed E-state index contributed by atoms with van der Waals surface area (Å²) in [4.78, 5) is 17.2. The average molecular weight is 498 g/mol. The number of nitrogens with one attached hydrogen (secondary N) is 2. The van der Waals surface area contributed by atoms with Crippen molar-refractivity contribution in [3.05, 3.63) is 83.7 Å². The SMILES string of the molecule is Cc1cccc(-n2nc(C(C)C)cc2NC(=O)Nc2ccc(-c3cncc4c3c(C)nn4C)cc2F)c1. The molecule has 0 unspecified atom stereocenters. The molecular formula is C28H28FN7O. The number of rotatable bonds is 5. The first-order chi connectivity index (χ1) is 17.7. The molecule has 0 saturated heterocycles. The van der Waals surface area contributed by atoms with Crippen molar-refractivity contribution in [2.45, 2.75) is 33.6 Å². The van der Waals surface area contributed by atoms with Crippen molar-refractivity contribution >= 4 is 28.4 Å². The molecule has 2 amide bonds. The minimum Gasteiger partial charge on any atom is -0.305 e. The maximum Gasteiger partial charge on any atom is 0.324 e. The molecule has 3 heterocycles. The molecule has 0 radical (unpaired) electrons. The van der Waals surface area contributed by atoms with Gasteiger partial charge in [0.1, 0.15) is 11.6 Å². The van der Waals surface area contributed by atoms with Crippen LogP contribution in [0.5, 0.6) is 0 Å². The summed E-state index contributed by atoms with van der Waals surface area (Å²) >= 11 is 0. The van der Waals surface area contributed by atoms with Crippen LogP contribution in [0.25, 0.3) is 27.7 Å². The zero-order chi connectivity index (χ0) is 26.3. The first kappa shape index (κ1) is 24.2.